The van der Waals surface area contributed by atoms with E-state index in [9.17, 15) is 4.79 Å². The van der Waals surface area contributed by atoms with Gasteiger partial charge in [0.2, 0.25) is 0 Å². The lowest BCUT2D eigenvalue weighted by molar-refractivity contribution is -0.236. The minimum Gasteiger partial charge on any atom is -0.456 e. The molecule has 0 unspecified atom stereocenters. The monoisotopic (exact) mass is 358 g/mol. The Balaban J connectivity index is 1.77. The molecule has 0 bridgehead atoms. The van der Waals surface area contributed by atoms with E-state index in [4.69, 9.17) is 28.4 Å². The summed E-state index contributed by atoms with van der Waals surface area (Å²) in [5.41, 5.74) is 0. The summed E-state index contributed by atoms with van der Waals surface area (Å²) in [6, 6.07) is 0. The molecule has 3 rings (SSSR count). The first-order valence-corrected chi connectivity index (χ1v) is 9.02. The van der Waals surface area contributed by atoms with Crippen LogP contribution in [0, 0.1) is 11.8 Å². The third-order valence-corrected chi connectivity index (χ3v) is 5.05. The second-order valence-corrected chi connectivity index (χ2v) is 8.37. The van der Waals surface area contributed by atoms with Crippen molar-refractivity contribution < 1.29 is 33.2 Å². The van der Waals surface area contributed by atoms with E-state index >= 15 is 0 Å². The zero-order valence-corrected chi connectivity index (χ0v) is 16.1. The van der Waals surface area contributed by atoms with Gasteiger partial charge in [0, 0.05) is 0 Å². The average Bonchev–Trinajstić information content (AvgIpc) is 3.08. The molecule has 7 nitrogen and oxygen atoms in total. The van der Waals surface area contributed by atoms with Crippen LogP contribution in [0.1, 0.15) is 48.5 Å². The number of hydrogen-bond acceptors (Lipinski definition) is 7. The van der Waals surface area contributed by atoms with E-state index in [1.807, 2.05) is 48.5 Å². The predicted octanol–water partition coefficient (Wildman–Crippen LogP) is 2.22. The van der Waals surface area contributed by atoms with Crippen molar-refractivity contribution >= 4 is 5.97 Å². The minimum atomic E-state index is -0.777. The lowest BCUT2D eigenvalue weighted by Crippen LogP contribution is -2.46. The highest BCUT2D eigenvalue weighted by atomic mass is 16.8. The largest absolute Gasteiger partial charge is 0.456 e. The molecule has 25 heavy (non-hydrogen) atoms. The van der Waals surface area contributed by atoms with Crippen LogP contribution in [0.5, 0.6) is 0 Å². The Labute approximate surface area is 149 Å². The van der Waals surface area contributed by atoms with Gasteiger partial charge >= 0.3 is 5.97 Å². The van der Waals surface area contributed by atoms with Gasteiger partial charge in [0.15, 0.2) is 30.1 Å². The van der Waals surface area contributed by atoms with Gasteiger partial charge in [-0.2, -0.15) is 0 Å². The lowest BCUT2D eigenvalue weighted by atomic mass is 9.98. The molecule has 0 amide bonds. The summed E-state index contributed by atoms with van der Waals surface area (Å²) < 4.78 is 35.2. The van der Waals surface area contributed by atoms with Crippen LogP contribution in [0.3, 0.4) is 0 Å². The molecule has 3 aliphatic heterocycles. The van der Waals surface area contributed by atoms with Gasteiger partial charge in [-0.3, -0.25) is 4.79 Å². The summed E-state index contributed by atoms with van der Waals surface area (Å²) in [5.74, 6) is -1.76. The molecule has 0 radical (unpaired) electrons. The van der Waals surface area contributed by atoms with E-state index in [2.05, 4.69) is 0 Å². The van der Waals surface area contributed by atoms with E-state index < -0.39 is 36.2 Å². The molecule has 0 saturated carbocycles. The fourth-order valence-corrected chi connectivity index (χ4v) is 3.33. The van der Waals surface area contributed by atoms with Crippen molar-refractivity contribution in [2.75, 3.05) is 6.61 Å². The van der Waals surface area contributed by atoms with E-state index in [0.717, 1.165) is 0 Å². The van der Waals surface area contributed by atoms with Crippen LogP contribution < -0.4 is 0 Å². The first-order valence-electron chi connectivity index (χ1n) is 9.02. The SMILES string of the molecule is CC(C)[C@@H](C)C(=O)O[C@@H]1[C@H]([C@H]2COC(C)(C)O2)O[C@@H]2OC(C)(C)O[C@@H]21. The molecular formula is C18H30O7. The number of carbonyl (C=O) groups excluding carboxylic acids is 1. The molecular weight excluding hydrogens is 328 g/mol. The molecule has 0 aromatic carbocycles. The summed E-state index contributed by atoms with van der Waals surface area (Å²) in [7, 11) is 0. The molecule has 144 valence electrons. The van der Waals surface area contributed by atoms with Gasteiger partial charge in [0.1, 0.15) is 12.2 Å². The van der Waals surface area contributed by atoms with E-state index in [0.29, 0.717) is 6.61 Å². The molecule has 3 heterocycles. The number of esters is 1. The zero-order valence-electron chi connectivity index (χ0n) is 16.1. The maximum atomic E-state index is 12.5. The van der Waals surface area contributed by atoms with Crippen molar-refractivity contribution in [3.05, 3.63) is 0 Å². The van der Waals surface area contributed by atoms with Crippen LogP contribution in [-0.4, -0.2) is 54.9 Å². The highest BCUT2D eigenvalue weighted by Crippen LogP contribution is 2.42. The van der Waals surface area contributed by atoms with Crippen LogP contribution in [0.15, 0.2) is 0 Å². The lowest BCUT2D eigenvalue weighted by Gasteiger charge is -2.29. The molecule has 0 aromatic rings. The molecule has 3 saturated heterocycles. The standard InChI is InChI=1S/C18H30O7/c1-9(2)10(3)15(19)21-13-12(11-8-20-17(4,5)23-11)22-16-14(13)24-18(6,7)25-16/h9-14,16H,8H2,1-7H3/t10-,11-,12+,13-,14-,16-/m1/s1. The number of hydrogen-bond donors (Lipinski definition) is 0. The Morgan fingerprint density at radius 1 is 1.00 bits per heavy atom. The molecule has 0 aromatic heterocycles. The smallest absolute Gasteiger partial charge is 0.309 e. The first-order chi connectivity index (χ1) is 11.5. The molecule has 0 spiro atoms. The Morgan fingerprint density at radius 2 is 1.68 bits per heavy atom. The third-order valence-electron chi connectivity index (χ3n) is 5.05. The Hall–Kier alpha value is -0.730. The van der Waals surface area contributed by atoms with Gasteiger partial charge in [0.05, 0.1) is 12.5 Å². The highest BCUT2D eigenvalue weighted by Gasteiger charge is 2.60. The first kappa shape index (κ1) is 19.0. The maximum absolute atomic E-state index is 12.5. The van der Waals surface area contributed by atoms with Crippen LogP contribution in [0.4, 0.5) is 0 Å². The zero-order chi connectivity index (χ0) is 18.6. The van der Waals surface area contributed by atoms with Gasteiger partial charge in [-0.05, 0) is 33.6 Å². The molecule has 6 atom stereocenters. The van der Waals surface area contributed by atoms with E-state index in [1.165, 1.54) is 0 Å². The maximum Gasteiger partial charge on any atom is 0.309 e. The van der Waals surface area contributed by atoms with Crippen molar-refractivity contribution in [2.24, 2.45) is 11.8 Å². The average molecular weight is 358 g/mol. The molecule has 3 aliphatic rings. The van der Waals surface area contributed by atoms with Gasteiger partial charge in [-0.1, -0.05) is 20.8 Å². The van der Waals surface area contributed by atoms with Crippen LogP contribution in [0.2, 0.25) is 0 Å². The topological polar surface area (TPSA) is 72.5 Å². The number of fused-ring (bicyclic) bond motifs is 1. The second kappa shape index (κ2) is 6.46. The Bertz CT molecular complexity index is 516. The molecule has 3 fully saturated rings. The fraction of sp³-hybridized carbons (Fsp3) is 0.944. The summed E-state index contributed by atoms with van der Waals surface area (Å²) in [4.78, 5) is 12.5. The van der Waals surface area contributed by atoms with Gasteiger partial charge < -0.3 is 28.4 Å². The fourth-order valence-electron chi connectivity index (χ4n) is 3.33. The molecule has 7 heteroatoms. The van der Waals surface area contributed by atoms with Crippen LogP contribution >= 0.6 is 0 Å². The number of rotatable bonds is 4. The van der Waals surface area contributed by atoms with Crippen molar-refractivity contribution in [3.63, 3.8) is 0 Å². The van der Waals surface area contributed by atoms with Crippen molar-refractivity contribution in [3.8, 4) is 0 Å². The Kier molecular flexibility index (Phi) is 4.92. The normalized spacial score (nSPS) is 40.2. The molecule has 0 aliphatic carbocycles. The van der Waals surface area contributed by atoms with Crippen LogP contribution in [-0.2, 0) is 33.2 Å². The summed E-state index contributed by atoms with van der Waals surface area (Å²) in [6.45, 7) is 13.5. The van der Waals surface area contributed by atoms with E-state index in [-0.39, 0.29) is 23.9 Å². The van der Waals surface area contributed by atoms with Crippen molar-refractivity contribution in [2.45, 2.75) is 90.7 Å². The quantitative estimate of drug-likeness (QED) is 0.714. The highest BCUT2D eigenvalue weighted by molar-refractivity contribution is 5.72. The Morgan fingerprint density at radius 3 is 2.24 bits per heavy atom. The number of ether oxygens (including phenoxy) is 6. The second-order valence-electron chi connectivity index (χ2n) is 8.37. The summed E-state index contributed by atoms with van der Waals surface area (Å²) in [6.07, 6.45) is -2.49. The minimum absolute atomic E-state index is 0.186. The van der Waals surface area contributed by atoms with E-state index in [1.54, 1.807) is 0 Å². The third kappa shape index (κ3) is 3.85. The van der Waals surface area contributed by atoms with Gasteiger partial charge in [0.25, 0.3) is 0 Å². The summed E-state index contributed by atoms with van der Waals surface area (Å²) in [5, 5.41) is 0. The van der Waals surface area contributed by atoms with Crippen LogP contribution in [0.25, 0.3) is 0 Å². The van der Waals surface area contributed by atoms with Crippen molar-refractivity contribution in [1.82, 2.24) is 0 Å². The molecule has 0 N–H and O–H groups in total. The van der Waals surface area contributed by atoms with Gasteiger partial charge in [-0.15, -0.1) is 0 Å². The van der Waals surface area contributed by atoms with Crippen molar-refractivity contribution in [1.29, 1.82) is 0 Å². The number of carbonyl (C=O) groups is 1. The van der Waals surface area contributed by atoms with Gasteiger partial charge in [-0.25, -0.2) is 0 Å². The summed E-state index contributed by atoms with van der Waals surface area (Å²) >= 11 is 0. The predicted molar refractivity (Wildman–Crippen MR) is 87.5 cm³/mol.